The maximum atomic E-state index is 12.9. The number of aromatic nitrogens is 1. The number of rotatable bonds is 3. The number of hydrogen-bond acceptors (Lipinski definition) is 4. The summed E-state index contributed by atoms with van der Waals surface area (Å²) in [6.45, 7) is -0.0639. The molecule has 2 N–H and O–H groups in total. The monoisotopic (exact) mass is 280 g/mol. The Labute approximate surface area is 114 Å². The molecule has 0 aliphatic carbocycles. The van der Waals surface area contributed by atoms with Crippen LogP contribution in [0.2, 0.25) is 5.02 Å². The van der Waals surface area contributed by atoms with E-state index in [0.717, 1.165) is 6.20 Å². The molecule has 0 aliphatic heterocycles. The first-order chi connectivity index (χ1) is 9.06. The summed E-state index contributed by atoms with van der Waals surface area (Å²) in [4.78, 5) is 15.4. The van der Waals surface area contributed by atoms with Gasteiger partial charge in [0.2, 0.25) is 0 Å². The number of nitrogens with zero attached hydrogens (tertiary/aromatic N) is 1. The lowest BCUT2D eigenvalue weighted by Gasteiger charge is -2.06. The van der Waals surface area contributed by atoms with Gasteiger partial charge in [0, 0.05) is 11.8 Å². The van der Waals surface area contributed by atoms with Gasteiger partial charge in [-0.15, -0.1) is 0 Å². The molecule has 1 aromatic heterocycles. The molecule has 6 heteroatoms. The Morgan fingerprint density at radius 1 is 1.37 bits per heavy atom. The first-order valence-electron chi connectivity index (χ1n) is 5.38. The molecule has 1 heterocycles. The Balaban J connectivity index is 2.03. The molecule has 0 unspecified atom stereocenters. The van der Waals surface area contributed by atoms with Crippen LogP contribution >= 0.6 is 11.6 Å². The summed E-state index contributed by atoms with van der Waals surface area (Å²) >= 11 is 5.80. The van der Waals surface area contributed by atoms with Gasteiger partial charge in [-0.25, -0.2) is 9.18 Å². The zero-order chi connectivity index (χ0) is 13.8. The molecule has 0 amide bonds. The number of ether oxygens (including phenoxy) is 1. The van der Waals surface area contributed by atoms with Gasteiger partial charge in [0.25, 0.3) is 0 Å². The van der Waals surface area contributed by atoms with Crippen molar-refractivity contribution in [3.63, 3.8) is 0 Å². The molecule has 19 heavy (non-hydrogen) atoms. The molecule has 1 aromatic carbocycles. The number of hydrogen-bond donors (Lipinski definition) is 1. The molecule has 0 spiro atoms. The molecule has 0 bridgehead atoms. The fourth-order valence-electron chi connectivity index (χ4n) is 1.42. The maximum absolute atomic E-state index is 12.9. The van der Waals surface area contributed by atoms with Gasteiger partial charge in [-0.1, -0.05) is 11.6 Å². The van der Waals surface area contributed by atoms with Crippen molar-refractivity contribution >= 4 is 23.3 Å². The fourth-order valence-corrected chi connectivity index (χ4v) is 1.60. The smallest absolute Gasteiger partial charge is 0.338 e. The molecule has 2 aromatic rings. The van der Waals surface area contributed by atoms with Crippen LogP contribution in [-0.2, 0) is 11.3 Å². The number of nitrogens with two attached hydrogens (primary N) is 1. The number of nitrogen functional groups attached to an aromatic ring is 1. The van der Waals surface area contributed by atoms with E-state index in [9.17, 15) is 9.18 Å². The number of carbonyl (C=O) groups is 1. The van der Waals surface area contributed by atoms with E-state index in [1.807, 2.05) is 0 Å². The highest BCUT2D eigenvalue weighted by molar-refractivity contribution is 6.33. The lowest BCUT2D eigenvalue weighted by Crippen LogP contribution is -2.06. The van der Waals surface area contributed by atoms with Crippen LogP contribution in [0.25, 0.3) is 0 Å². The third-order valence-electron chi connectivity index (χ3n) is 2.37. The first kappa shape index (κ1) is 13.3. The van der Waals surface area contributed by atoms with Crippen molar-refractivity contribution in [3.05, 3.63) is 58.6 Å². The highest BCUT2D eigenvalue weighted by Gasteiger charge is 2.09. The zero-order valence-electron chi connectivity index (χ0n) is 9.77. The van der Waals surface area contributed by atoms with Crippen molar-refractivity contribution in [2.24, 2.45) is 0 Å². The standard InChI is InChI=1S/C13H10ClFN2O2/c14-11-4-9(1-2-12(11)16)13(18)19-7-8-3-10(15)6-17-5-8/h1-6H,7,16H2. The average molecular weight is 281 g/mol. The Hall–Kier alpha value is -2.14. The predicted molar refractivity (Wildman–Crippen MR) is 69.2 cm³/mol. The number of halogens is 2. The normalized spacial score (nSPS) is 10.2. The second-order valence-corrected chi connectivity index (χ2v) is 4.23. The van der Waals surface area contributed by atoms with E-state index in [2.05, 4.69) is 4.98 Å². The number of carbonyl (C=O) groups excluding carboxylic acids is 1. The average Bonchev–Trinajstić information content (AvgIpc) is 2.39. The summed E-state index contributed by atoms with van der Waals surface area (Å²) in [5.74, 6) is -1.05. The molecule has 0 saturated carbocycles. The molecule has 2 rings (SSSR count). The molecule has 4 nitrogen and oxygen atoms in total. The molecule has 98 valence electrons. The van der Waals surface area contributed by atoms with E-state index in [1.165, 1.54) is 30.5 Å². The number of pyridine rings is 1. The maximum Gasteiger partial charge on any atom is 0.338 e. The van der Waals surface area contributed by atoms with Crippen LogP contribution in [0.3, 0.4) is 0 Å². The van der Waals surface area contributed by atoms with Crippen molar-refractivity contribution in [1.82, 2.24) is 4.98 Å². The summed E-state index contributed by atoms with van der Waals surface area (Å²) in [6, 6.07) is 5.69. The van der Waals surface area contributed by atoms with E-state index in [4.69, 9.17) is 22.1 Å². The second-order valence-electron chi connectivity index (χ2n) is 3.82. The van der Waals surface area contributed by atoms with Crippen LogP contribution in [0.1, 0.15) is 15.9 Å². The minimum absolute atomic E-state index is 0.0639. The van der Waals surface area contributed by atoms with Crippen molar-refractivity contribution in [3.8, 4) is 0 Å². The summed E-state index contributed by atoms with van der Waals surface area (Å²) in [6.07, 6.45) is 2.50. The highest BCUT2D eigenvalue weighted by Crippen LogP contribution is 2.20. The van der Waals surface area contributed by atoms with Crippen molar-refractivity contribution in [2.75, 3.05) is 5.73 Å². The molecular formula is C13H10ClFN2O2. The summed E-state index contributed by atoms with van der Waals surface area (Å²) in [5.41, 5.74) is 6.67. The fraction of sp³-hybridized carbons (Fsp3) is 0.0769. The third kappa shape index (κ3) is 3.42. The molecule has 0 aliphatic rings. The summed E-state index contributed by atoms with van der Waals surface area (Å²) < 4.78 is 17.9. The second kappa shape index (κ2) is 5.67. The Morgan fingerprint density at radius 2 is 2.16 bits per heavy atom. The molecule has 0 radical (unpaired) electrons. The molecule has 0 atom stereocenters. The van der Waals surface area contributed by atoms with E-state index in [0.29, 0.717) is 11.3 Å². The van der Waals surface area contributed by atoms with Gasteiger partial charge in [-0.3, -0.25) is 4.98 Å². The minimum Gasteiger partial charge on any atom is -0.457 e. The predicted octanol–water partition coefficient (Wildman–Crippen LogP) is 2.81. The van der Waals surface area contributed by atoms with Crippen LogP contribution in [-0.4, -0.2) is 11.0 Å². The van der Waals surface area contributed by atoms with Crippen LogP contribution in [0, 0.1) is 5.82 Å². The lowest BCUT2D eigenvalue weighted by molar-refractivity contribution is 0.0472. The topological polar surface area (TPSA) is 65.2 Å². The van der Waals surface area contributed by atoms with Crippen molar-refractivity contribution in [1.29, 1.82) is 0 Å². The summed E-state index contributed by atoms with van der Waals surface area (Å²) in [7, 11) is 0. The molecular weight excluding hydrogens is 271 g/mol. The van der Waals surface area contributed by atoms with Crippen molar-refractivity contribution in [2.45, 2.75) is 6.61 Å². The lowest BCUT2D eigenvalue weighted by atomic mass is 10.2. The third-order valence-corrected chi connectivity index (χ3v) is 2.69. The number of esters is 1. The van der Waals surface area contributed by atoms with E-state index >= 15 is 0 Å². The van der Waals surface area contributed by atoms with Gasteiger partial charge in [0.05, 0.1) is 22.5 Å². The Morgan fingerprint density at radius 3 is 2.84 bits per heavy atom. The Kier molecular flexibility index (Phi) is 3.97. The SMILES string of the molecule is Nc1ccc(C(=O)OCc2cncc(F)c2)cc1Cl. The van der Waals surface area contributed by atoms with Crippen LogP contribution in [0.4, 0.5) is 10.1 Å². The van der Waals surface area contributed by atoms with Gasteiger partial charge in [0.15, 0.2) is 0 Å². The van der Waals surface area contributed by atoms with Gasteiger partial charge in [-0.2, -0.15) is 0 Å². The minimum atomic E-state index is -0.564. The molecule has 0 saturated heterocycles. The first-order valence-corrected chi connectivity index (χ1v) is 5.75. The largest absolute Gasteiger partial charge is 0.457 e. The van der Waals surface area contributed by atoms with Gasteiger partial charge in [0.1, 0.15) is 12.4 Å². The highest BCUT2D eigenvalue weighted by atomic mass is 35.5. The summed E-state index contributed by atoms with van der Waals surface area (Å²) in [5, 5.41) is 0.280. The van der Waals surface area contributed by atoms with Gasteiger partial charge < -0.3 is 10.5 Å². The number of benzene rings is 1. The van der Waals surface area contributed by atoms with Crippen LogP contribution < -0.4 is 5.73 Å². The zero-order valence-corrected chi connectivity index (χ0v) is 10.5. The van der Waals surface area contributed by atoms with Gasteiger partial charge >= 0.3 is 5.97 Å². The Bertz CT molecular complexity index is 619. The van der Waals surface area contributed by atoms with Gasteiger partial charge in [-0.05, 0) is 24.3 Å². The van der Waals surface area contributed by atoms with E-state index in [-0.39, 0.29) is 17.2 Å². The van der Waals surface area contributed by atoms with E-state index in [1.54, 1.807) is 0 Å². The quantitative estimate of drug-likeness (QED) is 0.693. The molecule has 0 fully saturated rings. The number of anilines is 1. The van der Waals surface area contributed by atoms with Crippen LogP contribution in [0.5, 0.6) is 0 Å². The van der Waals surface area contributed by atoms with Crippen molar-refractivity contribution < 1.29 is 13.9 Å². The van der Waals surface area contributed by atoms with Crippen LogP contribution in [0.15, 0.2) is 36.7 Å². The van der Waals surface area contributed by atoms with E-state index < -0.39 is 11.8 Å².